The van der Waals surface area contributed by atoms with Crippen molar-refractivity contribution in [3.05, 3.63) is 204 Å². The molecular formula is C56H43N. The normalized spacial score (nSPS) is 15.1. The van der Waals surface area contributed by atoms with Crippen LogP contribution in [0.1, 0.15) is 55.4 Å². The van der Waals surface area contributed by atoms with Gasteiger partial charge in [0.2, 0.25) is 0 Å². The van der Waals surface area contributed by atoms with E-state index in [-0.39, 0.29) is 5.41 Å². The van der Waals surface area contributed by atoms with E-state index in [0.29, 0.717) is 5.92 Å². The highest BCUT2D eigenvalue weighted by Crippen LogP contribution is 2.54. The van der Waals surface area contributed by atoms with Gasteiger partial charge in [-0.05, 0) is 131 Å². The van der Waals surface area contributed by atoms with Gasteiger partial charge in [0.1, 0.15) is 0 Å². The van der Waals surface area contributed by atoms with Crippen molar-refractivity contribution >= 4 is 55.5 Å². The van der Waals surface area contributed by atoms with Crippen molar-refractivity contribution in [2.24, 2.45) is 0 Å². The molecule has 0 radical (unpaired) electrons. The molecule has 9 aromatic carbocycles. The van der Waals surface area contributed by atoms with Crippen molar-refractivity contribution in [2.75, 3.05) is 4.90 Å². The van der Waals surface area contributed by atoms with Crippen molar-refractivity contribution in [3.8, 4) is 33.4 Å². The number of benzene rings is 9. The van der Waals surface area contributed by atoms with E-state index in [1.165, 1.54) is 93.6 Å². The standard InChI is InChI=1S/C56H43N/c1-36-14-10-24-46-49(36)35-50(47-33-30-38-16-5-7-21-45(38)54(46)47)39-28-31-41(32-29-39)57(53-27-13-26-52-55(53)48-22-8-9-25-51(48)56(52,2)3)42-19-11-18-40(34-42)44-23-12-17-37-15-4-6-20-43(37)44/h4-13,15-36H,14H2,1-3H3. The first-order valence-electron chi connectivity index (χ1n) is 20.3. The minimum atomic E-state index is -0.105. The molecule has 0 N–H and O–H groups in total. The Morgan fingerprint density at radius 2 is 1.19 bits per heavy atom. The van der Waals surface area contributed by atoms with E-state index >= 15 is 0 Å². The van der Waals surface area contributed by atoms with Crippen LogP contribution in [-0.2, 0) is 5.41 Å². The van der Waals surface area contributed by atoms with Crippen LogP contribution in [0.2, 0.25) is 0 Å². The molecule has 0 saturated carbocycles. The van der Waals surface area contributed by atoms with Crippen LogP contribution < -0.4 is 4.90 Å². The highest BCUT2D eigenvalue weighted by Gasteiger charge is 2.37. The molecule has 0 spiro atoms. The lowest BCUT2D eigenvalue weighted by atomic mass is 9.81. The van der Waals surface area contributed by atoms with Gasteiger partial charge in [-0.2, -0.15) is 0 Å². The van der Waals surface area contributed by atoms with E-state index in [2.05, 4.69) is 214 Å². The maximum Gasteiger partial charge on any atom is 0.0543 e. The fraction of sp³-hybridized carbons (Fsp3) is 0.107. The minimum Gasteiger partial charge on any atom is -0.310 e. The van der Waals surface area contributed by atoms with Gasteiger partial charge >= 0.3 is 0 Å². The summed E-state index contributed by atoms with van der Waals surface area (Å²) in [5.41, 5.74) is 16.5. The van der Waals surface area contributed by atoms with Gasteiger partial charge in [-0.25, -0.2) is 0 Å². The maximum absolute atomic E-state index is 2.49. The summed E-state index contributed by atoms with van der Waals surface area (Å²) in [5, 5.41) is 7.79. The van der Waals surface area contributed by atoms with Crippen molar-refractivity contribution in [2.45, 2.75) is 38.5 Å². The number of hydrogen-bond acceptors (Lipinski definition) is 1. The van der Waals surface area contributed by atoms with E-state index in [1.807, 2.05) is 0 Å². The zero-order valence-electron chi connectivity index (χ0n) is 32.6. The summed E-state index contributed by atoms with van der Waals surface area (Å²) in [7, 11) is 0. The Kier molecular flexibility index (Phi) is 7.63. The number of anilines is 3. The Bertz CT molecular complexity index is 3080. The summed E-state index contributed by atoms with van der Waals surface area (Å²) >= 11 is 0. The summed E-state index contributed by atoms with van der Waals surface area (Å²) in [6, 6.07) is 65.6. The second kappa shape index (κ2) is 12.9. The van der Waals surface area contributed by atoms with E-state index in [9.17, 15) is 0 Å². The Balaban J connectivity index is 1.12. The molecule has 272 valence electrons. The van der Waals surface area contributed by atoms with Gasteiger partial charge in [-0.15, -0.1) is 0 Å². The average molecular weight is 730 g/mol. The number of allylic oxidation sites excluding steroid dienone is 1. The molecule has 0 heterocycles. The first-order valence-corrected chi connectivity index (χ1v) is 20.3. The van der Waals surface area contributed by atoms with Crippen LogP contribution in [0.25, 0.3) is 71.8 Å². The fourth-order valence-corrected chi connectivity index (χ4v) is 10.0. The average Bonchev–Trinajstić information content (AvgIpc) is 3.50. The Hall–Kier alpha value is -6.70. The van der Waals surface area contributed by atoms with Crippen LogP contribution in [0, 0.1) is 0 Å². The third-order valence-corrected chi connectivity index (χ3v) is 12.9. The lowest BCUT2D eigenvalue weighted by molar-refractivity contribution is 0.660. The van der Waals surface area contributed by atoms with Gasteiger partial charge in [-0.1, -0.05) is 172 Å². The zero-order chi connectivity index (χ0) is 38.3. The Labute approximate surface area is 335 Å². The first-order chi connectivity index (χ1) is 28.0. The Morgan fingerprint density at radius 1 is 0.509 bits per heavy atom. The van der Waals surface area contributed by atoms with Crippen molar-refractivity contribution in [3.63, 3.8) is 0 Å². The maximum atomic E-state index is 2.49. The molecule has 1 atom stereocenters. The molecule has 0 fully saturated rings. The number of hydrogen-bond donors (Lipinski definition) is 0. The molecular weight excluding hydrogens is 687 g/mol. The van der Waals surface area contributed by atoms with Gasteiger partial charge in [0.15, 0.2) is 0 Å². The van der Waals surface area contributed by atoms with Crippen LogP contribution in [-0.4, -0.2) is 0 Å². The molecule has 2 aliphatic carbocycles. The molecule has 0 aliphatic heterocycles. The largest absolute Gasteiger partial charge is 0.310 e. The smallest absolute Gasteiger partial charge is 0.0543 e. The van der Waals surface area contributed by atoms with Gasteiger partial charge < -0.3 is 4.90 Å². The summed E-state index contributed by atoms with van der Waals surface area (Å²) in [4.78, 5) is 2.49. The molecule has 1 heteroatoms. The molecule has 1 unspecified atom stereocenters. The summed E-state index contributed by atoms with van der Waals surface area (Å²) in [6.07, 6.45) is 5.78. The third kappa shape index (κ3) is 5.22. The molecule has 2 aliphatic rings. The molecule has 0 amide bonds. The summed E-state index contributed by atoms with van der Waals surface area (Å²) in [6.45, 7) is 7.10. The second-order valence-electron chi connectivity index (χ2n) is 16.5. The quantitative estimate of drug-likeness (QED) is 0.159. The number of nitrogens with zero attached hydrogens (tertiary/aromatic N) is 1. The zero-order valence-corrected chi connectivity index (χ0v) is 32.6. The molecule has 0 saturated heterocycles. The molecule has 11 rings (SSSR count). The van der Waals surface area contributed by atoms with Gasteiger partial charge in [0, 0.05) is 22.4 Å². The van der Waals surface area contributed by atoms with Crippen LogP contribution in [0.4, 0.5) is 17.1 Å². The van der Waals surface area contributed by atoms with Crippen molar-refractivity contribution in [1.29, 1.82) is 0 Å². The number of rotatable bonds is 5. The lowest BCUT2D eigenvalue weighted by Crippen LogP contribution is -2.16. The van der Waals surface area contributed by atoms with Gasteiger partial charge in [0.25, 0.3) is 0 Å². The Morgan fingerprint density at radius 3 is 2.05 bits per heavy atom. The molecule has 1 nitrogen and oxygen atoms in total. The SMILES string of the molecule is CC1CC=Cc2c1cc(-c1ccc(N(c3cccc(-c4cccc5ccccc45)c3)c3cccc4c3-c3ccccc3C4(C)C)cc1)c1ccc3ccccc3c21. The monoisotopic (exact) mass is 729 g/mol. The van der Waals surface area contributed by atoms with Crippen LogP contribution in [0.15, 0.2) is 182 Å². The molecule has 0 bridgehead atoms. The topological polar surface area (TPSA) is 3.24 Å². The van der Waals surface area contributed by atoms with E-state index in [0.717, 1.165) is 17.8 Å². The first kappa shape index (κ1) is 33.6. The second-order valence-corrected chi connectivity index (χ2v) is 16.5. The highest BCUT2D eigenvalue weighted by atomic mass is 15.1. The van der Waals surface area contributed by atoms with Crippen LogP contribution >= 0.6 is 0 Å². The summed E-state index contributed by atoms with van der Waals surface area (Å²) in [5.74, 6) is 0.461. The summed E-state index contributed by atoms with van der Waals surface area (Å²) < 4.78 is 0. The van der Waals surface area contributed by atoms with E-state index in [4.69, 9.17) is 0 Å². The van der Waals surface area contributed by atoms with Crippen LogP contribution in [0.5, 0.6) is 0 Å². The predicted molar refractivity (Wildman–Crippen MR) is 244 cm³/mol. The molecule has 0 aromatic heterocycles. The van der Waals surface area contributed by atoms with E-state index in [1.54, 1.807) is 0 Å². The van der Waals surface area contributed by atoms with Crippen molar-refractivity contribution in [1.82, 2.24) is 0 Å². The lowest BCUT2D eigenvalue weighted by Gasteiger charge is -2.29. The molecule has 57 heavy (non-hydrogen) atoms. The van der Waals surface area contributed by atoms with Crippen LogP contribution in [0.3, 0.4) is 0 Å². The van der Waals surface area contributed by atoms with Gasteiger partial charge in [0.05, 0.1) is 5.69 Å². The minimum absolute atomic E-state index is 0.105. The van der Waals surface area contributed by atoms with E-state index < -0.39 is 0 Å². The van der Waals surface area contributed by atoms with Crippen molar-refractivity contribution < 1.29 is 0 Å². The fourth-order valence-electron chi connectivity index (χ4n) is 10.0. The highest BCUT2D eigenvalue weighted by molar-refractivity contribution is 6.16. The predicted octanol–water partition coefficient (Wildman–Crippen LogP) is 15.8. The number of fused-ring (bicyclic) bond motifs is 9. The molecule has 9 aromatic rings. The third-order valence-electron chi connectivity index (χ3n) is 12.9. The van der Waals surface area contributed by atoms with Gasteiger partial charge in [-0.3, -0.25) is 0 Å².